The van der Waals surface area contributed by atoms with E-state index < -0.39 is 0 Å². The number of allylic oxidation sites excluding steroid dienone is 1. The number of anilines is 2. The van der Waals surface area contributed by atoms with E-state index in [1.54, 1.807) is 36.4 Å². The third kappa shape index (κ3) is 4.89. The van der Waals surface area contributed by atoms with Crippen LogP contribution in [0.3, 0.4) is 0 Å². The molecule has 0 heterocycles. The second-order valence-electron chi connectivity index (χ2n) is 7.76. The number of Topliss-reactive ketones (excluding diaryl/α,β-unsaturated/α-hetero) is 1. The van der Waals surface area contributed by atoms with Crippen molar-refractivity contribution in [3.05, 3.63) is 101 Å². The highest BCUT2D eigenvalue weighted by molar-refractivity contribution is 6.06. The van der Waals surface area contributed by atoms with Gasteiger partial charge in [-0.1, -0.05) is 36.4 Å². The summed E-state index contributed by atoms with van der Waals surface area (Å²) in [5, 5.41) is 2.81. The predicted molar refractivity (Wildman–Crippen MR) is 121 cm³/mol. The van der Waals surface area contributed by atoms with E-state index in [9.17, 15) is 14.0 Å². The first-order valence-corrected chi connectivity index (χ1v) is 10.2. The number of halogens is 1. The first-order chi connectivity index (χ1) is 15.0. The van der Waals surface area contributed by atoms with E-state index in [4.69, 9.17) is 5.73 Å². The van der Waals surface area contributed by atoms with Gasteiger partial charge in [0.05, 0.1) is 11.4 Å². The van der Waals surface area contributed by atoms with E-state index in [-0.39, 0.29) is 23.4 Å². The van der Waals surface area contributed by atoms with Crippen molar-refractivity contribution in [2.24, 2.45) is 5.92 Å². The van der Waals surface area contributed by atoms with Crippen LogP contribution in [0.25, 0.3) is 6.08 Å². The fourth-order valence-corrected chi connectivity index (χ4v) is 3.83. The topological polar surface area (TPSA) is 72.2 Å². The Morgan fingerprint density at radius 2 is 1.74 bits per heavy atom. The monoisotopic (exact) mass is 414 g/mol. The van der Waals surface area contributed by atoms with E-state index >= 15 is 0 Å². The zero-order valence-electron chi connectivity index (χ0n) is 17.0. The molecule has 1 saturated carbocycles. The van der Waals surface area contributed by atoms with Gasteiger partial charge in [0, 0.05) is 11.5 Å². The van der Waals surface area contributed by atoms with E-state index in [1.807, 2.05) is 30.3 Å². The van der Waals surface area contributed by atoms with Crippen LogP contribution in [0.15, 0.2) is 78.4 Å². The molecule has 0 bridgehead atoms. The van der Waals surface area contributed by atoms with Crippen LogP contribution in [0.2, 0.25) is 0 Å². The largest absolute Gasteiger partial charge is 0.397 e. The van der Waals surface area contributed by atoms with Crippen LogP contribution in [0.5, 0.6) is 0 Å². The Bertz CT molecular complexity index is 1130. The number of hydrogen-bond donors (Lipinski definition) is 2. The minimum Gasteiger partial charge on any atom is -0.397 e. The third-order valence-electron chi connectivity index (χ3n) is 5.57. The molecule has 1 fully saturated rings. The maximum Gasteiger partial charge on any atom is 0.255 e. The van der Waals surface area contributed by atoms with Crippen molar-refractivity contribution in [1.29, 1.82) is 0 Å². The molecule has 0 spiro atoms. The summed E-state index contributed by atoms with van der Waals surface area (Å²) in [7, 11) is 0. The van der Waals surface area contributed by atoms with E-state index in [2.05, 4.69) is 5.32 Å². The number of nitrogens with one attached hydrogen (secondary N) is 1. The van der Waals surface area contributed by atoms with Crippen molar-refractivity contribution >= 4 is 29.1 Å². The summed E-state index contributed by atoms with van der Waals surface area (Å²) < 4.78 is 13.1. The molecule has 0 aromatic heterocycles. The number of para-hydroxylation sites is 2. The van der Waals surface area contributed by atoms with Crippen LogP contribution in [-0.4, -0.2) is 11.7 Å². The molecule has 0 saturated heterocycles. The lowest BCUT2D eigenvalue weighted by Gasteiger charge is -2.10. The normalized spacial score (nSPS) is 17.1. The molecule has 4 nitrogen and oxygen atoms in total. The van der Waals surface area contributed by atoms with Gasteiger partial charge in [-0.25, -0.2) is 4.39 Å². The molecule has 3 N–H and O–H groups in total. The van der Waals surface area contributed by atoms with Crippen molar-refractivity contribution in [3.63, 3.8) is 0 Å². The lowest BCUT2D eigenvalue weighted by atomic mass is 9.95. The Labute approximate surface area is 180 Å². The highest BCUT2D eigenvalue weighted by atomic mass is 19.1. The molecule has 0 aliphatic heterocycles. The first kappa shape index (κ1) is 20.5. The van der Waals surface area contributed by atoms with Crippen molar-refractivity contribution in [2.45, 2.75) is 19.3 Å². The lowest BCUT2D eigenvalue weighted by molar-refractivity contribution is -0.117. The quantitative estimate of drug-likeness (QED) is 0.442. The van der Waals surface area contributed by atoms with E-state index in [0.717, 1.165) is 29.5 Å². The molecule has 1 aliphatic carbocycles. The SMILES string of the molecule is Nc1ccccc1NC(=O)c1ccc(CC2CCC(=Cc3ccc(F)cc3)C2=O)cc1. The van der Waals surface area contributed by atoms with Gasteiger partial charge >= 0.3 is 0 Å². The molecule has 156 valence electrons. The molecular formula is C26H23FN2O2. The summed E-state index contributed by atoms with van der Waals surface area (Å²) in [6.07, 6.45) is 4.00. The Morgan fingerprint density at radius 3 is 2.45 bits per heavy atom. The number of carbonyl (C=O) groups excluding carboxylic acids is 2. The van der Waals surface area contributed by atoms with Crippen LogP contribution in [-0.2, 0) is 11.2 Å². The molecule has 3 aromatic rings. The zero-order chi connectivity index (χ0) is 21.8. The van der Waals surface area contributed by atoms with Gasteiger partial charge in [-0.3, -0.25) is 9.59 Å². The number of rotatable bonds is 5. The summed E-state index contributed by atoms with van der Waals surface area (Å²) in [6, 6.07) is 20.6. The Hall–Kier alpha value is -3.73. The maximum absolute atomic E-state index is 13.1. The highest BCUT2D eigenvalue weighted by Gasteiger charge is 2.29. The van der Waals surface area contributed by atoms with Crippen molar-refractivity contribution in [2.75, 3.05) is 11.1 Å². The van der Waals surface area contributed by atoms with Crippen LogP contribution < -0.4 is 11.1 Å². The third-order valence-corrected chi connectivity index (χ3v) is 5.57. The predicted octanol–water partition coefficient (Wildman–Crippen LogP) is 5.27. The van der Waals surface area contributed by atoms with Gasteiger partial charge in [0.25, 0.3) is 5.91 Å². The minimum absolute atomic E-state index is 0.0736. The molecule has 1 amide bonds. The molecule has 0 radical (unpaired) electrons. The molecule has 1 atom stereocenters. The maximum atomic E-state index is 13.1. The van der Waals surface area contributed by atoms with Crippen LogP contribution in [0, 0.1) is 11.7 Å². The molecular weight excluding hydrogens is 391 g/mol. The Kier molecular flexibility index (Phi) is 5.94. The van der Waals surface area contributed by atoms with Gasteiger partial charge < -0.3 is 11.1 Å². The number of benzene rings is 3. The van der Waals surface area contributed by atoms with Crippen molar-refractivity contribution in [3.8, 4) is 0 Å². The van der Waals surface area contributed by atoms with E-state index in [0.29, 0.717) is 23.4 Å². The zero-order valence-corrected chi connectivity index (χ0v) is 17.0. The molecule has 1 aliphatic rings. The van der Waals surface area contributed by atoms with Gasteiger partial charge in [-0.15, -0.1) is 0 Å². The van der Waals surface area contributed by atoms with Gasteiger partial charge in [0.15, 0.2) is 5.78 Å². The number of hydrogen-bond acceptors (Lipinski definition) is 3. The fourth-order valence-electron chi connectivity index (χ4n) is 3.83. The summed E-state index contributed by atoms with van der Waals surface area (Å²) in [5.74, 6) is -0.450. The molecule has 1 unspecified atom stereocenters. The van der Waals surface area contributed by atoms with Crippen molar-refractivity contribution < 1.29 is 14.0 Å². The Balaban J connectivity index is 1.39. The second-order valence-corrected chi connectivity index (χ2v) is 7.76. The number of nitrogens with two attached hydrogens (primary N) is 1. The minimum atomic E-state index is -0.290. The standard InChI is InChI=1S/C26H23FN2O2/c27-22-13-7-18(8-14-22)16-21-12-11-20(25(21)30)15-17-5-9-19(10-6-17)26(31)29-24-4-2-1-3-23(24)28/h1-10,13-14,16,20H,11-12,15,28H2,(H,29,31). The average molecular weight is 414 g/mol. The molecule has 31 heavy (non-hydrogen) atoms. The Morgan fingerprint density at radius 1 is 1.03 bits per heavy atom. The van der Waals surface area contributed by atoms with Crippen LogP contribution in [0.4, 0.5) is 15.8 Å². The smallest absolute Gasteiger partial charge is 0.255 e. The number of nitrogen functional groups attached to an aromatic ring is 1. The number of amides is 1. The van der Waals surface area contributed by atoms with Gasteiger partial charge in [0.1, 0.15) is 5.82 Å². The lowest BCUT2D eigenvalue weighted by Crippen LogP contribution is -2.14. The number of ketones is 1. The fraction of sp³-hybridized carbons (Fsp3) is 0.154. The summed E-state index contributed by atoms with van der Waals surface area (Å²) in [5.41, 5.74) is 10.1. The highest BCUT2D eigenvalue weighted by Crippen LogP contribution is 2.31. The summed E-state index contributed by atoms with van der Waals surface area (Å²) in [4.78, 5) is 25.2. The van der Waals surface area contributed by atoms with Crippen LogP contribution >= 0.6 is 0 Å². The molecule has 4 rings (SSSR count). The first-order valence-electron chi connectivity index (χ1n) is 10.2. The molecule has 5 heteroatoms. The van der Waals surface area contributed by atoms with Crippen molar-refractivity contribution in [1.82, 2.24) is 0 Å². The van der Waals surface area contributed by atoms with Gasteiger partial charge in [0.2, 0.25) is 0 Å². The summed E-state index contributed by atoms with van der Waals surface area (Å²) in [6.45, 7) is 0. The molecule has 3 aromatic carbocycles. The number of carbonyl (C=O) groups is 2. The second kappa shape index (κ2) is 8.96. The van der Waals surface area contributed by atoms with Crippen LogP contribution in [0.1, 0.15) is 34.3 Å². The summed E-state index contributed by atoms with van der Waals surface area (Å²) >= 11 is 0. The van der Waals surface area contributed by atoms with E-state index in [1.165, 1.54) is 12.1 Å². The average Bonchev–Trinajstić information content (AvgIpc) is 3.11. The van der Waals surface area contributed by atoms with Gasteiger partial charge in [-0.2, -0.15) is 0 Å². The van der Waals surface area contributed by atoms with Gasteiger partial charge in [-0.05, 0) is 78.4 Å².